The van der Waals surface area contributed by atoms with Gasteiger partial charge in [-0.2, -0.15) is 5.10 Å². The van der Waals surface area contributed by atoms with E-state index < -0.39 is 12.1 Å². The Bertz CT molecular complexity index is 1390. The van der Waals surface area contributed by atoms with Crippen LogP contribution in [0.2, 0.25) is 5.02 Å². The van der Waals surface area contributed by atoms with E-state index in [9.17, 15) is 9.59 Å². The summed E-state index contributed by atoms with van der Waals surface area (Å²) in [5.74, 6) is -0.879. The molecular weight excluding hydrogens is 444 g/mol. The number of aromatic amines is 1. The topological polar surface area (TPSA) is 127 Å². The highest BCUT2D eigenvalue weighted by Gasteiger charge is 2.31. The van der Waals surface area contributed by atoms with Crippen LogP contribution in [-0.4, -0.2) is 56.6 Å². The summed E-state index contributed by atoms with van der Waals surface area (Å²) < 4.78 is 5.51. The molecule has 33 heavy (non-hydrogen) atoms. The van der Waals surface area contributed by atoms with Gasteiger partial charge in [0.15, 0.2) is 11.5 Å². The smallest absolute Gasteiger partial charge is 0.361 e. The number of nitrogen functional groups attached to an aromatic ring is 1. The summed E-state index contributed by atoms with van der Waals surface area (Å²) in [4.78, 5) is 35.3. The van der Waals surface area contributed by atoms with Crippen LogP contribution in [0.15, 0.2) is 48.7 Å². The van der Waals surface area contributed by atoms with Crippen molar-refractivity contribution in [2.75, 3.05) is 19.3 Å². The molecule has 9 nitrogen and oxygen atoms in total. The molecular formula is C23H19ClN6O3. The normalized spacial score (nSPS) is 15.9. The number of nitrogens with two attached hydrogens (primary N) is 1. The molecule has 1 atom stereocenters. The number of hydrogen-bond donors (Lipinski definition) is 2. The second-order valence-electron chi connectivity index (χ2n) is 7.82. The van der Waals surface area contributed by atoms with E-state index in [1.165, 1.54) is 4.90 Å². The van der Waals surface area contributed by atoms with Gasteiger partial charge in [-0.05, 0) is 12.1 Å². The molecule has 2 aromatic heterocycles. The maximum absolute atomic E-state index is 12.9. The van der Waals surface area contributed by atoms with Crippen molar-refractivity contribution in [3.63, 3.8) is 0 Å². The molecule has 1 fully saturated rings. The lowest BCUT2D eigenvalue weighted by Crippen LogP contribution is -2.24. The zero-order chi connectivity index (χ0) is 23.1. The van der Waals surface area contributed by atoms with Gasteiger partial charge >= 0.3 is 5.97 Å². The third-order valence-electron chi connectivity index (χ3n) is 5.52. The highest BCUT2D eigenvalue weighted by Crippen LogP contribution is 2.35. The zero-order valence-corrected chi connectivity index (χ0v) is 18.3. The molecule has 2 aromatic carbocycles. The number of nitrogens with one attached hydrogen (secondary N) is 1. The fourth-order valence-corrected chi connectivity index (χ4v) is 4.13. The van der Waals surface area contributed by atoms with E-state index in [2.05, 4.69) is 20.2 Å². The number of likely N-dealkylation sites (tertiary alicyclic amines) is 1. The number of benzene rings is 2. The van der Waals surface area contributed by atoms with E-state index in [1.54, 1.807) is 19.3 Å². The summed E-state index contributed by atoms with van der Waals surface area (Å²) in [5.41, 5.74) is 9.07. The predicted octanol–water partition coefficient (Wildman–Crippen LogP) is 3.31. The lowest BCUT2D eigenvalue weighted by molar-refractivity contribution is -0.126. The molecule has 3 N–H and O–H groups in total. The van der Waals surface area contributed by atoms with Gasteiger partial charge in [0.1, 0.15) is 6.10 Å². The van der Waals surface area contributed by atoms with Gasteiger partial charge in [0.2, 0.25) is 5.91 Å². The molecule has 0 saturated carbocycles. The molecule has 1 unspecified atom stereocenters. The Morgan fingerprint density at radius 1 is 1.18 bits per heavy atom. The number of ether oxygens (including phenoxy) is 1. The van der Waals surface area contributed by atoms with Gasteiger partial charge in [-0.1, -0.05) is 41.9 Å². The number of nitrogens with zero attached hydrogens (tertiary/aromatic N) is 4. The van der Waals surface area contributed by atoms with Crippen molar-refractivity contribution >= 4 is 40.2 Å². The quantitative estimate of drug-likeness (QED) is 0.445. The Balaban J connectivity index is 1.62. The number of carbonyl (C=O) groups excluding carboxylic acids is 2. The molecule has 1 aliphatic rings. The number of anilines is 1. The molecule has 0 bridgehead atoms. The lowest BCUT2D eigenvalue weighted by atomic mass is 10.0. The van der Waals surface area contributed by atoms with Crippen LogP contribution in [0.1, 0.15) is 16.9 Å². The first kappa shape index (κ1) is 20.9. The van der Waals surface area contributed by atoms with Crippen molar-refractivity contribution < 1.29 is 14.3 Å². The summed E-state index contributed by atoms with van der Waals surface area (Å²) in [6, 6.07) is 13.0. The first-order valence-electron chi connectivity index (χ1n) is 10.2. The number of carbonyl (C=O) groups is 2. The molecule has 1 saturated heterocycles. The number of amides is 1. The summed E-state index contributed by atoms with van der Waals surface area (Å²) in [7, 11) is 1.66. The highest BCUT2D eigenvalue weighted by molar-refractivity contribution is 6.35. The third kappa shape index (κ3) is 3.87. The Hall–Kier alpha value is -3.98. The first-order valence-corrected chi connectivity index (χ1v) is 10.6. The van der Waals surface area contributed by atoms with Crippen LogP contribution in [-0.2, 0) is 9.53 Å². The second-order valence-corrected chi connectivity index (χ2v) is 8.23. The minimum Gasteiger partial charge on any atom is -0.455 e. The molecule has 5 rings (SSSR count). The molecule has 3 heterocycles. The molecule has 1 amide bonds. The summed E-state index contributed by atoms with van der Waals surface area (Å²) in [6.45, 7) is 0.319. The second kappa shape index (κ2) is 8.18. The van der Waals surface area contributed by atoms with E-state index in [4.69, 9.17) is 22.1 Å². The number of esters is 1. The fourth-order valence-electron chi connectivity index (χ4n) is 3.86. The SMILES string of the molecule is CN1CC(OC(=O)c2nc(-c3cc(Cl)c4[nH]ncc4c3)c(-c3ccccc3)nc2N)CC1=O. The van der Waals surface area contributed by atoms with Gasteiger partial charge in [-0.15, -0.1) is 0 Å². The highest BCUT2D eigenvalue weighted by atomic mass is 35.5. The largest absolute Gasteiger partial charge is 0.455 e. The van der Waals surface area contributed by atoms with Crippen LogP contribution < -0.4 is 5.73 Å². The molecule has 10 heteroatoms. The van der Waals surface area contributed by atoms with Crippen LogP contribution in [0.4, 0.5) is 5.82 Å². The maximum atomic E-state index is 12.9. The Kier molecular flexibility index (Phi) is 5.18. The molecule has 166 valence electrons. The minimum absolute atomic E-state index is 0.0595. The van der Waals surface area contributed by atoms with Gasteiger partial charge in [-0.3, -0.25) is 9.89 Å². The van der Waals surface area contributed by atoms with Crippen molar-refractivity contribution in [2.45, 2.75) is 12.5 Å². The summed E-state index contributed by atoms with van der Waals surface area (Å²) >= 11 is 6.45. The average Bonchev–Trinajstić information content (AvgIpc) is 3.40. The van der Waals surface area contributed by atoms with Gasteiger partial charge in [-0.25, -0.2) is 14.8 Å². The number of H-pyrrole nitrogens is 1. The number of hydrogen-bond acceptors (Lipinski definition) is 7. The number of likely N-dealkylation sites (N-methyl/N-ethyl adjacent to an activating group) is 1. The predicted molar refractivity (Wildman–Crippen MR) is 123 cm³/mol. The maximum Gasteiger partial charge on any atom is 0.361 e. The first-order chi connectivity index (χ1) is 15.9. The molecule has 1 aliphatic heterocycles. The van der Waals surface area contributed by atoms with Crippen LogP contribution >= 0.6 is 11.6 Å². The summed E-state index contributed by atoms with van der Waals surface area (Å²) in [5, 5.41) is 8.13. The van der Waals surface area contributed by atoms with Gasteiger partial charge in [0.25, 0.3) is 0 Å². The molecule has 0 radical (unpaired) electrons. The number of aromatic nitrogens is 4. The number of fused-ring (bicyclic) bond motifs is 1. The average molecular weight is 463 g/mol. The van der Waals surface area contributed by atoms with Crippen LogP contribution in [0.5, 0.6) is 0 Å². The van der Waals surface area contributed by atoms with Crippen LogP contribution in [0.25, 0.3) is 33.4 Å². The van der Waals surface area contributed by atoms with Gasteiger partial charge < -0.3 is 15.4 Å². The summed E-state index contributed by atoms with van der Waals surface area (Å²) in [6.07, 6.45) is 1.21. The lowest BCUT2D eigenvalue weighted by Gasteiger charge is -2.15. The monoisotopic (exact) mass is 462 g/mol. The number of halogens is 1. The van der Waals surface area contributed by atoms with E-state index in [-0.39, 0.29) is 23.8 Å². The van der Waals surface area contributed by atoms with E-state index in [0.717, 1.165) is 10.9 Å². The van der Waals surface area contributed by atoms with Gasteiger partial charge in [0.05, 0.1) is 41.1 Å². The van der Waals surface area contributed by atoms with E-state index in [0.29, 0.717) is 34.0 Å². The minimum atomic E-state index is -0.732. The van der Waals surface area contributed by atoms with Crippen molar-refractivity contribution in [3.05, 3.63) is 59.4 Å². The van der Waals surface area contributed by atoms with Crippen LogP contribution in [0, 0.1) is 0 Å². The van der Waals surface area contributed by atoms with Crippen molar-refractivity contribution in [1.82, 2.24) is 25.1 Å². The van der Waals surface area contributed by atoms with E-state index >= 15 is 0 Å². The van der Waals surface area contributed by atoms with Gasteiger partial charge in [0, 0.05) is 23.6 Å². The Morgan fingerprint density at radius 2 is 1.94 bits per heavy atom. The van der Waals surface area contributed by atoms with Crippen molar-refractivity contribution in [3.8, 4) is 22.5 Å². The third-order valence-corrected chi connectivity index (χ3v) is 5.81. The zero-order valence-electron chi connectivity index (χ0n) is 17.6. The number of rotatable bonds is 4. The fraction of sp³-hybridized carbons (Fsp3) is 0.174. The molecule has 0 aliphatic carbocycles. The standard InChI is InChI=1S/C23H19ClN6O3/c1-30-11-15(9-17(30)31)33-23(32)21-22(25)28-19(12-5-3-2-4-6-12)20(27-21)13-7-14-10-26-29-18(14)16(24)8-13/h2-8,10,15H,9,11H2,1H3,(H2,25,28)(H,26,29). The Morgan fingerprint density at radius 3 is 2.67 bits per heavy atom. The molecule has 4 aromatic rings. The van der Waals surface area contributed by atoms with Crippen LogP contribution in [0.3, 0.4) is 0 Å². The Labute approximate surface area is 193 Å². The van der Waals surface area contributed by atoms with E-state index in [1.807, 2.05) is 36.4 Å². The van der Waals surface area contributed by atoms with Crippen molar-refractivity contribution in [1.29, 1.82) is 0 Å². The van der Waals surface area contributed by atoms with Crippen molar-refractivity contribution in [2.24, 2.45) is 0 Å². The molecule has 0 spiro atoms.